The summed E-state index contributed by atoms with van der Waals surface area (Å²) in [6, 6.07) is 30.6. The van der Waals surface area contributed by atoms with Crippen molar-refractivity contribution < 1.29 is 0 Å². The van der Waals surface area contributed by atoms with E-state index in [4.69, 9.17) is 11.6 Å². The van der Waals surface area contributed by atoms with Crippen LogP contribution in [0.15, 0.2) is 91.0 Å². The molecule has 102 valence electrons. The van der Waals surface area contributed by atoms with Gasteiger partial charge in [-0.05, 0) is 16.7 Å². The van der Waals surface area contributed by atoms with Crippen molar-refractivity contribution in [2.45, 2.75) is 4.87 Å². The Labute approximate surface area is 160 Å². The molecule has 0 unspecified atom stereocenters. The van der Waals surface area contributed by atoms with E-state index in [1.54, 1.807) is 0 Å². The third-order valence-corrected chi connectivity index (χ3v) is 4.17. The molecule has 3 aromatic carbocycles. The van der Waals surface area contributed by atoms with E-state index in [9.17, 15) is 0 Å². The van der Waals surface area contributed by atoms with Crippen molar-refractivity contribution in [2.75, 3.05) is 0 Å². The quantitative estimate of drug-likeness (QED) is 0.383. The van der Waals surface area contributed by atoms with Crippen molar-refractivity contribution in [3.05, 3.63) is 108 Å². The summed E-state index contributed by atoms with van der Waals surface area (Å²) in [4.78, 5) is -0.649. The molecule has 0 aliphatic heterocycles. The molecular formula is C19H17CaCl. The first-order valence-corrected chi connectivity index (χ1v) is 7.05. The Kier molecular flexibility index (Phi) is 5.89. The van der Waals surface area contributed by atoms with E-state index in [0.29, 0.717) is 0 Å². The zero-order valence-corrected chi connectivity index (χ0v) is 11.8. The number of halogens is 1. The molecule has 0 bridgehead atoms. The van der Waals surface area contributed by atoms with Gasteiger partial charge >= 0.3 is 37.7 Å². The first-order valence-electron chi connectivity index (χ1n) is 6.67. The topological polar surface area (TPSA) is 0 Å². The molecule has 0 nitrogen and oxygen atoms in total. The fourth-order valence-electron chi connectivity index (χ4n) is 2.50. The number of alkyl halides is 1. The Morgan fingerprint density at radius 1 is 0.476 bits per heavy atom. The van der Waals surface area contributed by atoms with E-state index in [0.717, 1.165) is 16.7 Å². The molecule has 2 heteroatoms. The fraction of sp³-hybridized carbons (Fsp3) is 0.0526. The molecule has 3 rings (SSSR count). The molecule has 0 aromatic heterocycles. The summed E-state index contributed by atoms with van der Waals surface area (Å²) in [5.41, 5.74) is 3.25. The van der Waals surface area contributed by atoms with Crippen molar-refractivity contribution in [2.24, 2.45) is 0 Å². The van der Waals surface area contributed by atoms with Crippen LogP contribution in [-0.2, 0) is 4.87 Å². The molecule has 0 radical (unpaired) electrons. The van der Waals surface area contributed by atoms with Gasteiger partial charge < -0.3 is 0 Å². The zero-order chi connectivity index (χ0) is 13.8. The maximum absolute atomic E-state index is 7.12. The van der Waals surface area contributed by atoms with Gasteiger partial charge in [0.1, 0.15) is 4.87 Å². The van der Waals surface area contributed by atoms with Crippen molar-refractivity contribution in [3.63, 3.8) is 0 Å². The summed E-state index contributed by atoms with van der Waals surface area (Å²) in [7, 11) is 0. The Hall–Kier alpha value is -0.790. The molecule has 21 heavy (non-hydrogen) atoms. The molecule has 0 amide bonds. The van der Waals surface area contributed by atoms with Gasteiger partial charge in [-0.3, -0.25) is 0 Å². The van der Waals surface area contributed by atoms with Crippen LogP contribution in [0.25, 0.3) is 0 Å². The van der Waals surface area contributed by atoms with Crippen LogP contribution in [-0.4, -0.2) is 37.7 Å². The normalized spacial score (nSPS) is 10.7. The molecule has 0 saturated carbocycles. The molecule has 0 N–H and O–H groups in total. The van der Waals surface area contributed by atoms with Crippen LogP contribution >= 0.6 is 11.6 Å². The van der Waals surface area contributed by atoms with Crippen LogP contribution in [0.3, 0.4) is 0 Å². The van der Waals surface area contributed by atoms with Gasteiger partial charge in [0.25, 0.3) is 0 Å². The number of benzene rings is 3. The number of hydrogen-bond donors (Lipinski definition) is 0. The molecule has 0 fully saturated rings. The van der Waals surface area contributed by atoms with E-state index in [2.05, 4.69) is 36.4 Å². The van der Waals surface area contributed by atoms with Crippen LogP contribution in [0.4, 0.5) is 0 Å². The molecule has 0 aliphatic rings. The standard InChI is InChI=1S/C19H15Cl.Ca.2H/c20-19(16-10-4-1-5-11-16,17-12-6-2-7-13-17)18-14-8-3-9-15-18;;;/h1-15H;;;. The third kappa shape index (κ3) is 3.35. The van der Waals surface area contributed by atoms with Crippen LogP contribution < -0.4 is 0 Å². The van der Waals surface area contributed by atoms with E-state index in [-0.39, 0.29) is 37.7 Å². The summed E-state index contributed by atoms with van der Waals surface area (Å²) >= 11 is 7.12. The SMILES string of the molecule is ClC(c1ccccc1)(c1ccccc1)c1ccccc1.[CaH2]. The second-order valence-electron chi connectivity index (χ2n) is 4.76. The molecule has 0 saturated heterocycles. The maximum atomic E-state index is 7.12. The predicted molar refractivity (Wildman–Crippen MR) is 93.6 cm³/mol. The first kappa shape index (κ1) is 16.6. The Bertz CT molecular complexity index is 569. The van der Waals surface area contributed by atoms with Crippen molar-refractivity contribution in [3.8, 4) is 0 Å². The van der Waals surface area contributed by atoms with E-state index >= 15 is 0 Å². The predicted octanol–water partition coefficient (Wildman–Crippen LogP) is 4.30. The second kappa shape index (κ2) is 7.47. The summed E-state index contributed by atoms with van der Waals surface area (Å²) in [5.74, 6) is 0. The second-order valence-corrected chi connectivity index (χ2v) is 5.32. The minimum atomic E-state index is -0.649. The summed E-state index contributed by atoms with van der Waals surface area (Å²) in [5, 5.41) is 0. The van der Waals surface area contributed by atoms with Crippen molar-refractivity contribution in [1.82, 2.24) is 0 Å². The third-order valence-electron chi connectivity index (χ3n) is 3.51. The Morgan fingerprint density at radius 3 is 0.952 bits per heavy atom. The number of rotatable bonds is 3. The molecule has 3 aromatic rings. The van der Waals surface area contributed by atoms with Gasteiger partial charge in [0.15, 0.2) is 0 Å². The summed E-state index contributed by atoms with van der Waals surface area (Å²) < 4.78 is 0. The van der Waals surface area contributed by atoms with Gasteiger partial charge in [0.05, 0.1) is 0 Å². The number of hydrogen-bond acceptors (Lipinski definition) is 0. The van der Waals surface area contributed by atoms with Crippen molar-refractivity contribution in [1.29, 1.82) is 0 Å². The van der Waals surface area contributed by atoms with Gasteiger partial charge in [0.2, 0.25) is 0 Å². The molecule has 0 aliphatic carbocycles. The molecule has 0 heterocycles. The van der Waals surface area contributed by atoms with Crippen LogP contribution in [0.2, 0.25) is 0 Å². The molecule has 0 atom stereocenters. The monoisotopic (exact) mass is 320 g/mol. The van der Waals surface area contributed by atoms with Gasteiger partial charge in [-0.2, -0.15) is 0 Å². The van der Waals surface area contributed by atoms with E-state index in [1.165, 1.54) is 0 Å². The fourth-order valence-corrected chi connectivity index (χ4v) is 2.88. The average Bonchev–Trinajstić information content (AvgIpc) is 2.56. The van der Waals surface area contributed by atoms with Gasteiger partial charge in [-0.1, -0.05) is 91.0 Å². The summed E-state index contributed by atoms with van der Waals surface area (Å²) in [6.07, 6.45) is 0. The van der Waals surface area contributed by atoms with Crippen LogP contribution in [0.5, 0.6) is 0 Å². The minimum absolute atomic E-state index is 0. The van der Waals surface area contributed by atoms with E-state index in [1.807, 2.05) is 54.6 Å². The van der Waals surface area contributed by atoms with Crippen LogP contribution in [0, 0.1) is 0 Å². The molecule has 0 spiro atoms. The van der Waals surface area contributed by atoms with E-state index < -0.39 is 4.87 Å². The van der Waals surface area contributed by atoms with Crippen molar-refractivity contribution >= 4 is 49.3 Å². The average molecular weight is 321 g/mol. The van der Waals surface area contributed by atoms with Gasteiger partial charge in [-0.25, -0.2) is 0 Å². The summed E-state index contributed by atoms with van der Waals surface area (Å²) in [6.45, 7) is 0. The van der Waals surface area contributed by atoms with Gasteiger partial charge in [-0.15, -0.1) is 11.6 Å². The zero-order valence-electron chi connectivity index (χ0n) is 11.0. The van der Waals surface area contributed by atoms with Crippen LogP contribution in [0.1, 0.15) is 16.7 Å². The van der Waals surface area contributed by atoms with Gasteiger partial charge in [0, 0.05) is 0 Å². The Morgan fingerprint density at radius 2 is 0.714 bits per heavy atom. The first-order chi connectivity index (χ1) is 9.82. The Balaban J connectivity index is 0.00000161. The molecular weight excluding hydrogens is 304 g/mol.